The van der Waals surface area contributed by atoms with Crippen molar-refractivity contribution in [2.24, 2.45) is 0 Å². The van der Waals surface area contributed by atoms with Crippen LogP contribution in [0.3, 0.4) is 0 Å². The number of unbranched alkanes of at least 4 members (excludes halogenated alkanes) is 42. The molecule has 0 radical (unpaired) electrons. The summed E-state index contributed by atoms with van der Waals surface area (Å²) in [5.74, 6) is -0.0718. The van der Waals surface area contributed by atoms with Crippen molar-refractivity contribution < 1.29 is 15.0 Å². The van der Waals surface area contributed by atoms with Crippen molar-refractivity contribution in [2.75, 3.05) is 6.61 Å². The molecule has 2 atom stereocenters. The van der Waals surface area contributed by atoms with Crippen molar-refractivity contribution in [2.45, 2.75) is 328 Å². The molecule has 0 aliphatic heterocycles. The van der Waals surface area contributed by atoms with Gasteiger partial charge in [-0.25, -0.2) is 0 Å². The standard InChI is InChI=1S/C59H113NO3/c1-3-5-7-9-11-13-15-17-19-21-23-25-26-27-28-29-30-31-32-33-35-37-39-41-43-45-47-49-51-53-55-59(63)60-57(56-61)58(62)54-52-50-48-46-44-42-40-38-36-34-24-22-20-18-16-14-12-10-8-6-4-2/h36,38,44,46,52,54,57-58,61-62H,3-35,37,39-43,45,47-51,53,55-56H2,1-2H3,(H,60,63)/b38-36+,46-44+,54-52+. The maximum Gasteiger partial charge on any atom is 0.220 e. The van der Waals surface area contributed by atoms with Crippen LogP contribution in [0.2, 0.25) is 0 Å². The van der Waals surface area contributed by atoms with Gasteiger partial charge >= 0.3 is 0 Å². The summed E-state index contributed by atoms with van der Waals surface area (Å²) >= 11 is 0. The van der Waals surface area contributed by atoms with Crippen molar-refractivity contribution in [3.8, 4) is 0 Å². The molecule has 0 spiro atoms. The molecule has 0 saturated carbocycles. The van der Waals surface area contributed by atoms with Gasteiger partial charge in [-0.2, -0.15) is 0 Å². The van der Waals surface area contributed by atoms with E-state index in [1.807, 2.05) is 6.08 Å². The number of hydrogen-bond acceptors (Lipinski definition) is 3. The SMILES string of the molecule is CCCCCCCCCCCCC/C=C/CC/C=C/CC/C=C/C(O)C(CO)NC(=O)CCCCCCCCCCCCCCCCCCCCCCCCCCCCCCCC. The van der Waals surface area contributed by atoms with E-state index in [1.54, 1.807) is 6.08 Å². The molecule has 3 N–H and O–H groups in total. The summed E-state index contributed by atoms with van der Waals surface area (Å²) in [4.78, 5) is 12.5. The molecule has 372 valence electrons. The normalized spacial score (nSPS) is 13.0. The Labute approximate surface area is 395 Å². The minimum absolute atomic E-state index is 0.0718. The molecule has 2 unspecified atom stereocenters. The van der Waals surface area contributed by atoms with Crippen molar-refractivity contribution in [3.63, 3.8) is 0 Å². The van der Waals surface area contributed by atoms with Gasteiger partial charge in [0.2, 0.25) is 5.91 Å². The van der Waals surface area contributed by atoms with E-state index < -0.39 is 12.1 Å². The first-order valence-corrected chi connectivity index (χ1v) is 28.7. The van der Waals surface area contributed by atoms with Gasteiger partial charge in [-0.1, -0.05) is 301 Å². The molecule has 0 aliphatic rings. The molecule has 0 saturated heterocycles. The van der Waals surface area contributed by atoms with E-state index in [0.29, 0.717) is 6.42 Å². The lowest BCUT2D eigenvalue weighted by atomic mass is 10.0. The van der Waals surface area contributed by atoms with E-state index in [2.05, 4.69) is 43.5 Å². The molecule has 4 heteroatoms. The molecule has 0 aromatic rings. The summed E-state index contributed by atoms with van der Waals surface area (Å²) < 4.78 is 0. The lowest BCUT2D eigenvalue weighted by molar-refractivity contribution is -0.123. The fourth-order valence-corrected chi connectivity index (χ4v) is 8.98. The molecule has 0 heterocycles. The second kappa shape index (κ2) is 54.9. The second-order valence-corrected chi connectivity index (χ2v) is 19.7. The van der Waals surface area contributed by atoms with Crippen LogP contribution < -0.4 is 5.32 Å². The van der Waals surface area contributed by atoms with Crippen molar-refractivity contribution in [3.05, 3.63) is 36.5 Å². The first kappa shape index (κ1) is 61.6. The molecule has 0 rings (SSSR count). The van der Waals surface area contributed by atoms with Crippen molar-refractivity contribution in [1.82, 2.24) is 5.32 Å². The van der Waals surface area contributed by atoms with Crippen LogP contribution in [-0.4, -0.2) is 34.9 Å². The molecular weight excluding hydrogens is 771 g/mol. The molecule has 0 aromatic carbocycles. The summed E-state index contributed by atoms with van der Waals surface area (Å²) in [5.41, 5.74) is 0. The fraction of sp³-hybridized carbons (Fsp3) is 0.881. The number of carbonyl (C=O) groups excluding carboxylic acids is 1. The quantitative estimate of drug-likeness (QED) is 0.0421. The molecule has 0 fully saturated rings. The monoisotopic (exact) mass is 884 g/mol. The van der Waals surface area contributed by atoms with Crippen molar-refractivity contribution in [1.29, 1.82) is 0 Å². The van der Waals surface area contributed by atoms with E-state index in [1.165, 1.54) is 257 Å². The van der Waals surface area contributed by atoms with Crippen LogP contribution in [0, 0.1) is 0 Å². The van der Waals surface area contributed by atoms with E-state index in [4.69, 9.17) is 0 Å². The molecule has 1 amide bonds. The van der Waals surface area contributed by atoms with Crippen LogP contribution in [0.4, 0.5) is 0 Å². The highest BCUT2D eigenvalue weighted by Crippen LogP contribution is 2.17. The lowest BCUT2D eigenvalue weighted by Gasteiger charge is -2.19. The van der Waals surface area contributed by atoms with Crippen molar-refractivity contribution >= 4 is 5.91 Å². The Morgan fingerprint density at radius 1 is 0.365 bits per heavy atom. The van der Waals surface area contributed by atoms with Crippen LogP contribution in [0.1, 0.15) is 316 Å². The predicted molar refractivity (Wildman–Crippen MR) is 281 cm³/mol. The molecule has 0 aliphatic carbocycles. The summed E-state index contributed by atoms with van der Waals surface area (Å²) in [6.07, 6.45) is 74.6. The first-order valence-electron chi connectivity index (χ1n) is 28.7. The summed E-state index contributed by atoms with van der Waals surface area (Å²) in [5, 5.41) is 23.1. The minimum Gasteiger partial charge on any atom is -0.394 e. The number of allylic oxidation sites excluding steroid dienone is 5. The zero-order valence-electron chi connectivity index (χ0n) is 42.9. The Hall–Kier alpha value is -1.39. The Balaban J connectivity index is 3.49. The molecule has 0 bridgehead atoms. The van der Waals surface area contributed by atoms with Gasteiger partial charge in [0.1, 0.15) is 0 Å². The van der Waals surface area contributed by atoms with Crippen LogP contribution in [0.15, 0.2) is 36.5 Å². The summed E-state index contributed by atoms with van der Waals surface area (Å²) in [6, 6.07) is -0.644. The Bertz CT molecular complexity index is 958. The first-order chi connectivity index (χ1) is 31.2. The van der Waals surface area contributed by atoms with Crippen LogP contribution in [0.5, 0.6) is 0 Å². The van der Waals surface area contributed by atoms with Gasteiger partial charge in [0.25, 0.3) is 0 Å². The topological polar surface area (TPSA) is 69.6 Å². The second-order valence-electron chi connectivity index (χ2n) is 19.7. The third-order valence-electron chi connectivity index (χ3n) is 13.4. The van der Waals surface area contributed by atoms with Crippen LogP contribution in [-0.2, 0) is 4.79 Å². The predicted octanol–water partition coefficient (Wildman–Crippen LogP) is 18.9. The number of rotatable bonds is 53. The minimum atomic E-state index is -0.869. The number of carbonyl (C=O) groups is 1. The van der Waals surface area contributed by atoms with Gasteiger partial charge in [0.15, 0.2) is 0 Å². The molecular formula is C59H113NO3. The van der Waals surface area contributed by atoms with Gasteiger partial charge in [-0.3, -0.25) is 4.79 Å². The highest BCUT2D eigenvalue weighted by molar-refractivity contribution is 5.76. The van der Waals surface area contributed by atoms with Crippen LogP contribution >= 0.6 is 0 Å². The smallest absolute Gasteiger partial charge is 0.220 e. The number of amides is 1. The van der Waals surface area contributed by atoms with E-state index >= 15 is 0 Å². The highest BCUT2D eigenvalue weighted by atomic mass is 16.3. The van der Waals surface area contributed by atoms with Crippen LogP contribution in [0.25, 0.3) is 0 Å². The average molecular weight is 885 g/mol. The summed E-state index contributed by atoms with van der Waals surface area (Å²) in [7, 11) is 0. The number of hydrogen-bond donors (Lipinski definition) is 3. The molecule has 63 heavy (non-hydrogen) atoms. The Morgan fingerprint density at radius 2 is 0.619 bits per heavy atom. The van der Waals surface area contributed by atoms with Gasteiger partial charge in [0.05, 0.1) is 18.8 Å². The zero-order chi connectivity index (χ0) is 45.6. The summed E-state index contributed by atoms with van der Waals surface area (Å²) in [6.45, 7) is 4.33. The van der Waals surface area contributed by atoms with Gasteiger partial charge in [0, 0.05) is 6.42 Å². The van der Waals surface area contributed by atoms with E-state index in [9.17, 15) is 15.0 Å². The molecule has 4 nitrogen and oxygen atoms in total. The fourth-order valence-electron chi connectivity index (χ4n) is 8.98. The maximum atomic E-state index is 12.5. The number of nitrogens with one attached hydrogen (secondary N) is 1. The largest absolute Gasteiger partial charge is 0.394 e. The molecule has 0 aromatic heterocycles. The maximum absolute atomic E-state index is 12.5. The number of aliphatic hydroxyl groups excluding tert-OH is 2. The third kappa shape index (κ3) is 51.5. The lowest BCUT2D eigenvalue weighted by Crippen LogP contribution is -2.45. The zero-order valence-corrected chi connectivity index (χ0v) is 42.9. The van der Waals surface area contributed by atoms with Gasteiger partial charge in [-0.05, 0) is 44.9 Å². The average Bonchev–Trinajstić information content (AvgIpc) is 3.29. The van der Waals surface area contributed by atoms with E-state index in [0.717, 1.165) is 38.5 Å². The van der Waals surface area contributed by atoms with Gasteiger partial charge in [-0.15, -0.1) is 0 Å². The number of aliphatic hydroxyl groups is 2. The Kier molecular flexibility index (Phi) is 53.7. The third-order valence-corrected chi connectivity index (χ3v) is 13.4. The van der Waals surface area contributed by atoms with Gasteiger partial charge < -0.3 is 15.5 Å². The highest BCUT2D eigenvalue weighted by Gasteiger charge is 2.18. The Morgan fingerprint density at radius 3 is 0.921 bits per heavy atom. The van der Waals surface area contributed by atoms with E-state index in [-0.39, 0.29) is 12.5 Å².